The first-order valence-corrected chi connectivity index (χ1v) is 11.3. The molecule has 1 fully saturated rings. The van der Waals surface area contributed by atoms with Crippen molar-refractivity contribution in [1.29, 1.82) is 0 Å². The van der Waals surface area contributed by atoms with E-state index in [1.54, 1.807) is 23.9 Å². The molecular formula is C21H22BrFN4OS. The maximum atomic E-state index is 13.4. The third-order valence-electron chi connectivity index (χ3n) is 4.84. The molecule has 1 aromatic heterocycles. The zero-order valence-electron chi connectivity index (χ0n) is 15.9. The number of hydrogen-bond donors (Lipinski definition) is 0. The zero-order valence-corrected chi connectivity index (χ0v) is 18.3. The molecule has 0 unspecified atom stereocenters. The molecule has 4 rings (SSSR count). The van der Waals surface area contributed by atoms with Crippen molar-refractivity contribution in [2.45, 2.75) is 17.5 Å². The van der Waals surface area contributed by atoms with E-state index in [4.69, 9.17) is 4.74 Å². The molecule has 1 saturated heterocycles. The highest BCUT2D eigenvalue weighted by Gasteiger charge is 2.17. The van der Waals surface area contributed by atoms with Crippen LogP contribution in [-0.4, -0.2) is 52.5 Å². The molecule has 0 spiro atoms. The molecule has 2 aromatic carbocycles. The molecule has 0 aliphatic carbocycles. The molecule has 1 aliphatic heterocycles. The van der Waals surface area contributed by atoms with E-state index in [0.717, 1.165) is 66.2 Å². The maximum absolute atomic E-state index is 13.4. The minimum Gasteiger partial charge on any atom is -0.379 e. The van der Waals surface area contributed by atoms with Crippen LogP contribution in [0.1, 0.15) is 5.56 Å². The minimum absolute atomic E-state index is 0.252. The molecule has 5 nitrogen and oxygen atoms in total. The summed E-state index contributed by atoms with van der Waals surface area (Å²) in [6, 6.07) is 14.7. The summed E-state index contributed by atoms with van der Waals surface area (Å²) in [5.41, 5.74) is 2.10. The van der Waals surface area contributed by atoms with Gasteiger partial charge in [0.25, 0.3) is 0 Å². The second-order valence-electron chi connectivity index (χ2n) is 6.83. The highest BCUT2D eigenvalue weighted by Crippen LogP contribution is 2.27. The maximum Gasteiger partial charge on any atom is 0.191 e. The van der Waals surface area contributed by atoms with E-state index in [1.807, 2.05) is 12.1 Å². The van der Waals surface area contributed by atoms with Crippen molar-refractivity contribution in [1.82, 2.24) is 19.7 Å². The number of morpholine rings is 1. The van der Waals surface area contributed by atoms with Gasteiger partial charge in [-0.2, -0.15) is 0 Å². The Morgan fingerprint density at radius 1 is 0.966 bits per heavy atom. The summed E-state index contributed by atoms with van der Waals surface area (Å²) in [7, 11) is 0. The Hall–Kier alpha value is -1.74. The Kier molecular flexibility index (Phi) is 6.97. The Bertz CT molecular complexity index is 927. The van der Waals surface area contributed by atoms with Gasteiger partial charge in [0.1, 0.15) is 5.82 Å². The lowest BCUT2D eigenvalue weighted by Crippen LogP contribution is -2.38. The topological polar surface area (TPSA) is 43.2 Å². The molecule has 3 aromatic rings. The molecule has 1 aliphatic rings. The summed E-state index contributed by atoms with van der Waals surface area (Å²) in [5.74, 6) is 1.33. The fourth-order valence-corrected chi connectivity index (χ4v) is 4.39. The summed E-state index contributed by atoms with van der Waals surface area (Å²) >= 11 is 5.14. The van der Waals surface area contributed by atoms with Crippen LogP contribution in [0.3, 0.4) is 0 Å². The average Bonchev–Trinajstić information content (AvgIpc) is 3.16. The Morgan fingerprint density at radius 2 is 1.69 bits per heavy atom. The molecular weight excluding hydrogens is 455 g/mol. The molecule has 152 valence electrons. The molecule has 8 heteroatoms. The number of halogens is 2. The summed E-state index contributed by atoms with van der Waals surface area (Å²) in [6.07, 6.45) is 0. The van der Waals surface area contributed by atoms with E-state index in [9.17, 15) is 4.39 Å². The lowest BCUT2D eigenvalue weighted by molar-refractivity contribution is 0.0361. The van der Waals surface area contributed by atoms with Crippen LogP contribution in [0.5, 0.6) is 0 Å². The van der Waals surface area contributed by atoms with Crippen molar-refractivity contribution < 1.29 is 9.13 Å². The molecule has 0 amide bonds. The number of benzene rings is 2. The summed E-state index contributed by atoms with van der Waals surface area (Å²) in [4.78, 5) is 2.39. The molecule has 0 atom stereocenters. The Morgan fingerprint density at radius 3 is 2.41 bits per heavy atom. The van der Waals surface area contributed by atoms with Gasteiger partial charge in [-0.3, -0.25) is 4.90 Å². The van der Waals surface area contributed by atoms with Gasteiger partial charge in [-0.25, -0.2) is 4.39 Å². The molecule has 29 heavy (non-hydrogen) atoms. The van der Waals surface area contributed by atoms with Crippen LogP contribution in [0.15, 0.2) is 58.2 Å². The van der Waals surface area contributed by atoms with E-state index in [1.165, 1.54) is 17.7 Å². The van der Waals surface area contributed by atoms with E-state index < -0.39 is 0 Å². The summed E-state index contributed by atoms with van der Waals surface area (Å²) < 4.78 is 22.0. The first-order chi connectivity index (χ1) is 14.2. The van der Waals surface area contributed by atoms with Gasteiger partial charge in [-0.1, -0.05) is 39.8 Å². The molecule has 0 bridgehead atoms. The van der Waals surface area contributed by atoms with Crippen molar-refractivity contribution in [2.75, 3.05) is 32.8 Å². The van der Waals surface area contributed by atoms with E-state index in [-0.39, 0.29) is 5.82 Å². The van der Waals surface area contributed by atoms with Gasteiger partial charge >= 0.3 is 0 Å². The molecule has 0 N–H and O–H groups in total. The normalized spacial score (nSPS) is 15.0. The number of nitrogens with zero attached hydrogens (tertiary/aromatic N) is 4. The van der Waals surface area contributed by atoms with Crippen LogP contribution < -0.4 is 0 Å². The van der Waals surface area contributed by atoms with Crippen molar-refractivity contribution in [2.24, 2.45) is 0 Å². The quantitative estimate of drug-likeness (QED) is 0.470. The van der Waals surface area contributed by atoms with E-state index in [0.29, 0.717) is 0 Å². The number of ether oxygens (including phenoxy) is 1. The first kappa shape index (κ1) is 20.5. The van der Waals surface area contributed by atoms with Gasteiger partial charge in [0.15, 0.2) is 11.0 Å². The number of rotatable bonds is 7. The van der Waals surface area contributed by atoms with Gasteiger partial charge in [0.05, 0.1) is 13.2 Å². The Labute approximate surface area is 182 Å². The third-order valence-corrected chi connectivity index (χ3v) is 6.41. The van der Waals surface area contributed by atoms with Gasteiger partial charge in [0.2, 0.25) is 0 Å². The van der Waals surface area contributed by atoms with Crippen LogP contribution in [0.25, 0.3) is 11.4 Å². The number of hydrogen-bond acceptors (Lipinski definition) is 5. The van der Waals surface area contributed by atoms with Crippen molar-refractivity contribution in [3.05, 3.63) is 64.4 Å². The van der Waals surface area contributed by atoms with Crippen LogP contribution in [0, 0.1) is 5.82 Å². The van der Waals surface area contributed by atoms with Crippen LogP contribution in [-0.2, 0) is 17.0 Å². The predicted molar refractivity (Wildman–Crippen MR) is 116 cm³/mol. The highest BCUT2D eigenvalue weighted by atomic mass is 79.9. The second kappa shape index (κ2) is 9.84. The van der Waals surface area contributed by atoms with Gasteiger partial charge in [-0.15, -0.1) is 10.2 Å². The smallest absolute Gasteiger partial charge is 0.191 e. The lowest BCUT2D eigenvalue weighted by Gasteiger charge is -2.27. The van der Waals surface area contributed by atoms with Crippen LogP contribution in [0.2, 0.25) is 0 Å². The monoisotopic (exact) mass is 476 g/mol. The lowest BCUT2D eigenvalue weighted by atomic mass is 10.2. The number of thioether (sulfide) groups is 1. The summed E-state index contributed by atoms with van der Waals surface area (Å²) in [5, 5.41) is 9.74. The van der Waals surface area contributed by atoms with E-state index >= 15 is 0 Å². The fourth-order valence-electron chi connectivity index (χ4n) is 3.20. The molecule has 0 saturated carbocycles. The van der Waals surface area contributed by atoms with Crippen molar-refractivity contribution in [3.8, 4) is 11.4 Å². The SMILES string of the molecule is Fc1ccc(-c2nnc(SCc3ccc(Br)cc3)n2CCN2CCOCC2)cc1. The molecule has 0 radical (unpaired) electrons. The predicted octanol–water partition coefficient (Wildman–Crippen LogP) is 4.47. The minimum atomic E-state index is -0.252. The number of aromatic nitrogens is 3. The van der Waals surface area contributed by atoms with Gasteiger partial charge in [0, 0.05) is 42.0 Å². The van der Waals surface area contributed by atoms with Crippen LogP contribution in [0.4, 0.5) is 4.39 Å². The highest BCUT2D eigenvalue weighted by molar-refractivity contribution is 9.10. The van der Waals surface area contributed by atoms with Crippen molar-refractivity contribution in [3.63, 3.8) is 0 Å². The van der Waals surface area contributed by atoms with Crippen LogP contribution >= 0.6 is 27.7 Å². The summed E-state index contributed by atoms with van der Waals surface area (Å²) in [6.45, 7) is 5.12. The molecule has 2 heterocycles. The standard InChI is InChI=1S/C21H22BrFN4OS/c22-18-5-1-16(2-6-18)15-29-21-25-24-20(17-3-7-19(23)8-4-17)27(21)10-9-26-11-13-28-14-12-26/h1-8H,9-15H2. The first-order valence-electron chi connectivity index (χ1n) is 9.55. The largest absolute Gasteiger partial charge is 0.379 e. The zero-order chi connectivity index (χ0) is 20.1. The fraction of sp³-hybridized carbons (Fsp3) is 0.333. The van der Waals surface area contributed by atoms with Gasteiger partial charge in [-0.05, 0) is 42.0 Å². The average molecular weight is 477 g/mol. The third kappa shape index (κ3) is 5.45. The Balaban J connectivity index is 1.54. The van der Waals surface area contributed by atoms with E-state index in [2.05, 4.69) is 47.7 Å². The second-order valence-corrected chi connectivity index (χ2v) is 8.69. The van der Waals surface area contributed by atoms with Crippen molar-refractivity contribution >= 4 is 27.7 Å². The van der Waals surface area contributed by atoms with Gasteiger partial charge < -0.3 is 9.30 Å².